The number of fused-ring (bicyclic) bond motifs is 1. The standard InChI is InChI=1S/C22H22ClNO3/c1-25-20-11-16-6-8-24(13-15-7-9-27-14-15)22(19(16)12-21(20)26-2)17-4-3-5-18(23)10-17/h3-5,7,9-12,14,22H,6,8,13H2,1-2H3/t22-/m1/s1. The summed E-state index contributed by atoms with van der Waals surface area (Å²) in [5.74, 6) is 1.51. The van der Waals surface area contributed by atoms with E-state index < -0.39 is 0 Å². The fraction of sp³-hybridized carbons (Fsp3) is 0.273. The Balaban J connectivity index is 1.82. The highest BCUT2D eigenvalue weighted by atomic mass is 35.5. The summed E-state index contributed by atoms with van der Waals surface area (Å²) in [5.41, 5.74) is 4.83. The average molecular weight is 384 g/mol. The summed E-state index contributed by atoms with van der Waals surface area (Å²) in [6.07, 6.45) is 4.47. The summed E-state index contributed by atoms with van der Waals surface area (Å²) in [6, 6.07) is 14.4. The van der Waals surface area contributed by atoms with Gasteiger partial charge < -0.3 is 13.9 Å². The second kappa shape index (κ2) is 7.67. The first-order chi connectivity index (χ1) is 13.2. The van der Waals surface area contributed by atoms with Crippen molar-refractivity contribution in [3.05, 3.63) is 82.3 Å². The molecule has 0 saturated carbocycles. The van der Waals surface area contributed by atoms with Crippen molar-refractivity contribution in [2.45, 2.75) is 19.0 Å². The Morgan fingerprint density at radius 1 is 1.11 bits per heavy atom. The predicted octanol–water partition coefficient (Wildman–Crippen LogP) is 5.10. The molecule has 0 saturated heterocycles. The molecule has 140 valence electrons. The van der Waals surface area contributed by atoms with Gasteiger partial charge in [-0.2, -0.15) is 0 Å². The number of nitrogens with zero attached hydrogens (tertiary/aromatic N) is 1. The van der Waals surface area contributed by atoms with E-state index in [2.05, 4.69) is 23.1 Å². The molecule has 0 N–H and O–H groups in total. The van der Waals surface area contributed by atoms with E-state index in [-0.39, 0.29) is 6.04 Å². The Labute approximate surface area is 164 Å². The van der Waals surface area contributed by atoms with E-state index in [4.69, 9.17) is 25.5 Å². The largest absolute Gasteiger partial charge is 0.493 e. The van der Waals surface area contributed by atoms with E-state index in [9.17, 15) is 0 Å². The van der Waals surface area contributed by atoms with Crippen LogP contribution in [0.5, 0.6) is 11.5 Å². The average Bonchev–Trinajstić information content (AvgIpc) is 3.19. The Kier molecular flexibility index (Phi) is 5.10. The molecule has 0 radical (unpaired) electrons. The number of methoxy groups -OCH3 is 2. The van der Waals surface area contributed by atoms with Gasteiger partial charge in [0, 0.05) is 23.7 Å². The minimum atomic E-state index is 0.0853. The lowest BCUT2D eigenvalue weighted by Gasteiger charge is -2.38. The van der Waals surface area contributed by atoms with Crippen LogP contribution in [0.1, 0.15) is 28.3 Å². The highest BCUT2D eigenvalue weighted by molar-refractivity contribution is 6.30. The van der Waals surface area contributed by atoms with E-state index in [0.29, 0.717) is 0 Å². The second-order valence-corrected chi connectivity index (χ2v) is 7.15. The SMILES string of the molecule is COc1cc2c(cc1OC)[C@@H](c1cccc(Cl)c1)N(Cc1ccoc1)CC2. The number of hydrogen-bond acceptors (Lipinski definition) is 4. The number of ether oxygens (including phenoxy) is 2. The van der Waals surface area contributed by atoms with Crippen LogP contribution in [0.2, 0.25) is 5.02 Å². The molecule has 0 amide bonds. The van der Waals surface area contributed by atoms with E-state index in [0.717, 1.165) is 41.6 Å². The topological polar surface area (TPSA) is 34.8 Å². The van der Waals surface area contributed by atoms with Crippen molar-refractivity contribution < 1.29 is 13.9 Å². The molecular weight excluding hydrogens is 362 g/mol. The lowest BCUT2D eigenvalue weighted by molar-refractivity contribution is 0.203. The fourth-order valence-corrected chi connectivity index (χ4v) is 4.05. The molecule has 2 heterocycles. The van der Waals surface area contributed by atoms with Crippen LogP contribution in [0.4, 0.5) is 0 Å². The zero-order valence-electron chi connectivity index (χ0n) is 15.4. The molecule has 0 spiro atoms. The van der Waals surface area contributed by atoms with Gasteiger partial charge in [-0.1, -0.05) is 23.7 Å². The van der Waals surface area contributed by atoms with Crippen molar-refractivity contribution >= 4 is 11.6 Å². The summed E-state index contributed by atoms with van der Waals surface area (Å²) in [5, 5.41) is 0.739. The van der Waals surface area contributed by atoms with Gasteiger partial charge in [-0.05, 0) is 53.4 Å². The molecule has 1 aliphatic rings. The number of furan rings is 1. The van der Waals surface area contributed by atoms with Crippen molar-refractivity contribution in [2.75, 3.05) is 20.8 Å². The second-order valence-electron chi connectivity index (χ2n) is 6.72. The van der Waals surface area contributed by atoms with Gasteiger partial charge in [0.25, 0.3) is 0 Å². The zero-order chi connectivity index (χ0) is 18.8. The summed E-state index contributed by atoms with van der Waals surface area (Å²) in [4.78, 5) is 2.45. The normalized spacial score (nSPS) is 16.8. The molecular formula is C22H22ClNO3. The first kappa shape index (κ1) is 18.0. The highest BCUT2D eigenvalue weighted by Gasteiger charge is 2.30. The van der Waals surface area contributed by atoms with Gasteiger partial charge >= 0.3 is 0 Å². The number of benzene rings is 2. The van der Waals surface area contributed by atoms with Crippen LogP contribution >= 0.6 is 11.6 Å². The van der Waals surface area contributed by atoms with Crippen molar-refractivity contribution in [3.8, 4) is 11.5 Å². The lowest BCUT2D eigenvalue weighted by atomic mass is 9.87. The molecule has 0 aliphatic carbocycles. The van der Waals surface area contributed by atoms with Gasteiger partial charge in [0.2, 0.25) is 0 Å². The lowest BCUT2D eigenvalue weighted by Crippen LogP contribution is -2.35. The molecule has 1 aromatic heterocycles. The smallest absolute Gasteiger partial charge is 0.161 e. The maximum absolute atomic E-state index is 6.31. The highest BCUT2D eigenvalue weighted by Crippen LogP contribution is 2.41. The molecule has 1 atom stereocenters. The minimum Gasteiger partial charge on any atom is -0.493 e. The first-order valence-corrected chi connectivity index (χ1v) is 9.32. The van der Waals surface area contributed by atoms with Crippen molar-refractivity contribution in [1.82, 2.24) is 4.90 Å². The van der Waals surface area contributed by atoms with Crippen LogP contribution in [0.15, 0.2) is 59.4 Å². The van der Waals surface area contributed by atoms with Crippen molar-refractivity contribution in [1.29, 1.82) is 0 Å². The Bertz CT molecular complexity index is 923. The summed E-state index contributed by atoms with van der Waals surface area (Å²) in [6.45, 7) is 1.74. The molecule has 2 aromatic carbocycles. The molecule has 3 aromatic rings. The van der Waals surface area contributed by atoms with Crippen LogP contribution in [-0.4, -0.2) is 25.7 Å². The summed E-state index contributed by atoms with van der Waals surface area (Å²) < 4.78 is 16.3. The molecule has 5 heteroatoms. The van der Waals surface area contributed by atoms with Crippen LogP contribution < -0.4 is 9.47 Å². The van der Waals surface area contributed by atoms with E-state index in [1.807, 2.05) is 24.3 Å². The maximum Gasteiger partial charge on any atom is 0.161 e. The molecule has 0 fully saturated rings. The van der Waals surface area contributed by atoms with Crippen LogP contribution in [0, 0.1) is 0 Å². The molecule has 27 heavy (non-hydrogen) atoms. The van der Waals surface area contributed by atoms with Crippen LogP contribution in [0.3, 0.4) is 0 Å². The quantitative estimate of drug-likeness (QED) is 0.614. The van der Waals surface area contributed by atoms with E-state index in [1.54, 1.807) is 26.7 Å². The molecule has 0 bridgehead atoms. The molecule has 4 nitrogen and oxygen atoms in total. The number of rotatable bonds is 5. The predicted molar refractivity (Wildman–Crippen MR) is 106 cm³/mol. The van der Waals surface area contributed by atoms with Gasteiger partial charge in [-0.3, -0.25) is 4.90 Å². The fourth-order valence-electron chi connectivity index (χ4n) is 3.85. The first-order valence-electron chi connectivity index (χ1n) is 8.95. The molecule has 4 rings (SSSR count). The van der Waals surface area contributed by atoms with Gasteiger partial charge in [0.1, 0.15) is 0 Å². The third-order valence-electron chi connectivity index (χ3n) is 5.10. The summed E-state index contributed by atoms with van der Waals surface area (Å²) >= 11 is 6.31. The minimum absolute atomic E-state index is 0.0853. The Morgan fingerprint density at radius 2 is 1.93 bits per heavy atom. The molecule has 1 aliphatic heterocycles. The van der Waals surface area contributed by atoms with Gasteiger partial charge in [-0.25, -0.2) is 0 Å². The summed E-state index contributed by atoms with van der Waals surface area (Å²) in [7, 11) is 3.34. The van der Waals surface area contributed by atoms with Crippen molar-refractivity contribution in [2.24, 2.45) is 0 Å². The van der Waals surface area contributed by atoms with E-state index in [1.165, 1.54) is 16.7 Å². The van der Waals surface area contributed by atoms with Crippen LogP contribution in [-0.2, 0) is 13.0 Å². The van der Waals surface area contributed by atoms with Crippen molar-refractivity contribution in [3.63, 3.8) is 0 Å². The van der Waals surface area contributed by atoms with Gasteiger partial charge in [0.05, 0.1) is 32.8 Å². The van der Waals surface area contributed by atoms with E-state index >= 15 is 0 Å². The number of halogens is 1. The monoisotopic (exact) mass is 383 g/mol. The third kappa shape index (κ3) is 3.55. The zero-order valence-corrected chi connectivity index (χ0v) is 16.2. The maximum atomic E-state index is 6.31. The Hall–Kier alpha value is -2.43. The van der Waals surface area contributed by atoms with Gasteiger partial charge in [0.15, 0.2) is 11.5 Å². The Morgan fingerprint density at radius 3 is 2.63 bits per heavy atom. The molecule has 0 unspecified atom stereocenters. The number of hydrogen-bond donors (Lipinski definition) is 0. The van der Waals surface area contributed by atoms with Crippen LogP contribution in [0.25, 0.3) is 0 Å². The third-order valence-corrected chi connectivity index (χ3v) is 5.34. The van der Waals surface area contributed by atoms with Gasteiger partial charge in [-0.15, -0.1) is 0 Å².